The molecule has 0 aromatic heterocycles. The van der Waals surface area contributed by atoms with E-state index in [4.69, 9.17) is 11.1 Å². The molecule has 0 aromatic carbocycles. The fraction of sp³-hybridized carbons (Fsp3) is 0.857. The Morgan fingerprint density at radius 3 is 2.50 bits per heavy atom. The summed E-state index contributed by atoms with van der Waals surface area (Å²) in [4.78, 5) is 0. The van der Waals surface area contributed by atoms with E-state index < -0.39 is 16.3 Å². The summed E-state index contributed by atoms with van der Waals surface area (Å²) < 4.78 is 26.4. The predicted molar refractivity (Wildman–Crippen MR) is 56.4 cm³/mol. The zero-order valence-corrected chi connectivity index (χ0v) is 9.56. The molecule has 0 saturated carbocycles. The fourth-order valence-corrected chi connectivity index (χ4v) is 1.93. The van der Waals surface area contributed by atoms with E-state index in [1.807, 2.05) is 6.92 Å². The summed E-state index contributed by atoms with van der Waals surface area (Å²) in [5.74, 6) is -0.172. The van der Waals surface area contributed by atoms with Gasteiger partial charge in [-0.05, 0) is 13.3 Å². The third kappa shape index (κ3) is 3.60. The lowest BCUT2D eigenvalue weighted by molar-refractivity contribution is 0.438. The monoisotopic (exact) mass is 222 g/mol. The lowest BCUT2D eigenvalue weighted by Gasteiger charge is -2.23. The highest BCUT2D eigenvalue weighted by atomic mass is 32.2. The van der Waals surface area contributed by atoms with Crippen molar-refractivity contribution in [3.8, 4) is 0 Å². The van der Waals surface area contributed by atoms with Crippen molar-refractivity contribution >= 4 is 16.0 Å². The van der Waals surface area contributed by atoms with Gasteiger partial charge in [-0.3, -0.25) is 5.41 Å². The van der Waals surface area contributed by atoms with Crippen LogP contribution in [0.25, 0.3) is 0 Å². The fourth-order valence-electron chi connectivity index (χ4n) is 0.737. The maximum absolute atomic E-state index is 11.5. The molecule has 6 nitrogen and oxygen atoms in total. The van der Waals surface area contributed by atoms with Gasteiger partial charge in [0.2, 0.25) is 0 Å². The van der Waals surface area contributed by atoms with Crippen LogP contribution in [0.4, 0.5) is 0 Å². The Morgan fingerprint density at radius 2 is 2.14 bits per heavy atom. The molecule has 0 aliphatic rings. The number of hydrogen-bond donors (Lipinski definition) is 3. The second-order valence-corrected chi connectivity index (χ2v) is 4.86. The van der Waals surface area contributed by atoms with Gasteiger partial charge in [0.25, 0.3) is 10.2 Å². The van der Waals surface area contributed by atoms with E-state index >= 15 is 0 Å². The Kier molecular flexibility index (Phi) is 5.03. The van der Waals surface area contributed by atoms with Crippen LogP contribution in [0.2, 0.25) is 0 Å². The summed E-state index contributed by atoms with van der Waals surface area (Å²) in [6.07, 6.45) is 0.724. The molecule has 0 amide bonds. The molecular formula is C7H18N4O2S. The van der Waals surface area contributed by atoms with E-state index in [-0.39, 0.29) is 5.84 Å². The lowest BCUT2D eigenvalue weighted by Crippen LogP contribution is -2.48. The summed E-state index contributed by atoms with van der Waals surface area (Å²) >= 11 is 0. The van der Waals surface area contributed by atoms with E-state index in [9.17, 15) is 8.42 Å². The molecule has 0 heterocycles. The number of hydrogen-bond acceptors (Lipinski definition) is 3. The summed E-state index contributed by atoms with van der Waals surface area (Å²) in [6.45, 7) is 3.82. The van der Waals surface area contributed by atoms with Crippen LogP contribution >= 0.6 is 0 Å². The van der Waals surface area contributed by atoms with E-state index in [1.165, 1.54) is 7.05 Å². The quantitative estimate of drug-likeness (QED) is 0.417. The molecule has 0 spiro atoms. The van der Waals surface area contributed by atoms with E-state index in [0.29, 0.717) is 6.54 Å². The smallest absolute Gasteiger partial charge is 0.279 e. The summed E-state index contributed by atoms with van der Waals surface area (Å²) in [6, 6.07) is -0.621. The van der Waals surface area contributed by atoms with Crippen molar-refractivity contribution in [3.05, 3.63) is 0 Å². The molecule has 7 heteroatoms. The Labute approximate surface area is 85.2 Å². The molecule has 0 rings (SSSR count). The molecular weight excluding hydrogens is 204 g/mol. The number of nitrogens with zero attached hydrogens (tertiary/aromatic N) is 1. The molecule has 1 unspecified atom stereocenters. The number of nitrogens with one attached hydrogen (secondary N) is 2. The SMILES string of the molecule is CCCNS(=O)(=O)N(C)C(C)C(=N)N. The van der Waals surface area contributed by atoms with Crippen LogP contribution in [0.1, 0.15) is 20.3 Å². The summed E-state index contributed by atoms with van der Waals surface area (Å²) in [5.41, 5.74) is 5.21. The minimum Gasteiger partial charge on any atom is -0.386 e. The van der Waals surface area contributed by atoms with Gasteiger partial charge in [-0.2, -0.15) is 12.7 Å². The molecule has 84 valence electrons. The van der Waals surface area contributed by atoms with Crippen LogP contribution < -0.4 is 10.5 Å². The van der Waals surface area contributed by atoms with Crippen molar-refractivity contribution in [3.63, 3.8) is 0 Å². The van der Waals surface area contributed by atoms with Crippen molar-refractivity contribution in [2.45, 2.75) is 26.3 Å². The predicted octanol–water partition coefficient (Wildman–Crippen LogP) is -0.513. The zero-order valence-electron chi connectivity index (χ0n) is 8.74. The van der Waals surface area contributed by atoms with Gasteiger partial charge in [0.1, 0.15) is 5.84 Å². The molecule has 0 saturated heterocycles. The average Bonchev–Trinajstić information content (AvgIpc) is 2.12. The van der Waals surface area contributed by atoms with Gasteiger partial charge in [0.15, 0.2) is 0 Å². The van der Waals surface area contributed by atoms with Crippen molar-refractivity contribution in [1.82, 2.24) is 9.03 Å². The molecule has 0 bridgehead atoms. The normalized spacial score (nSPS) is 14.3. The molecule has 4 N–H and O–H groups in total. The maximum Gasteiger partial charge on any atom is 0.279 e. The third-order valence-corrected chi connectivity index (χ3v) is 3.55. The molecule has 0 aliphatic carbocycles. The second-order valence-electron chi connectivity index (χ2n) is 3.05. The molecule has 0 radical (unpaired) electrons. The standard InChI is InChI=1S/C7H18N4O2S/c1-4-5-10-14(12,13)11(3)6(2)7(8)9/h6,10H,4-5H2,1-3H3,(H3,8,9). The highest BCUT2D eigenvalue weighted by Crippen LogP contribution is 2.01. The van der Waals surface area contributed by atoms with E-state index in [1.54, 1.807) is 6.92 Å². The first kappa shape index (κ1) is 13.3. The van der Waals surface area contributed by atoms with Crippen molar-refractivity contribution in [1.29, 1.82) is 5.41 Å². The van der Waals surface area contributed by atoms with Crippen molar-refractivity contribution in [2.24, 2.45) is 5.73 Å². The van der Waals surface area contributed by atoms with Crippen LogP contribution in [0.5, 0.6) is 0 Å². The largest absolute Gasteiger partial charge is 0.386 e. The van der Waals surface area contributed by atoms with E-state index in [0.717, 1.165) is 10.7 Å². The molecule has 0 aromatic rings. The van der Waals surface area contributed by atoms with Gasteiger partial charge >= 0.3 is 0 Å². The van der Waals surface area contributed by atoms with Gasteiger partial charge in [-0.1, -0.05) is 6.92 Å². The topological polar surface area (TPSA) is 99.3 Å². The Morgan fingerprint density at radius 1 is 1.64 bits per heavy atom. The Balaban J connectivity index is 4.50. The van der Waals surface area contributed by atoms with Gasteiger partial charge in [-0.15, -0.1) is 0 Å². The average molecular weight is 222 g/mol. The first-order valence-corrected chi connectivity index (χ1v) is 5.83. The molecule has 0 aliphatic heterocycles. The third-order valence-electron chi connectivity index (χ3n) is 1.91. The number of rotatable bonds is 6. The van der Waals surface area contributed by atoms with Crippen LogP contribution in [0.3, 0.4) is 0 Å². The summed E-state index contributed by atoms with van der Waals surface area (Å²) in [5, 5.41) is 7.13. The Hall–Kier alpha value is -0.660. The van der Waals surface area contributed by atoms with Crippen LogP contribution in [0.15, 0.2) is 0 Å². The number of likely N-dealkylation sites (N-methyl/N-ethyl adjacent to an activating group) is 1. The second kappa shape index (κ2) is 5.28. The molecule has 14 heavy (non-hydrogen) atoms. The lowest BCUT2D eigenvalue weighted by atomic mass is 10.3. The van der Waals surface area contributed by atoms with Gasteiger partial charge in [-0.25, -0.2) is 4.72 Å². The van der Waals surface area contributed by atoms with Gasteiger partial charge in [0, 0.05) is 13.6 Å². The van der Waals surface area contributed by atoms with E-state index in [2.05, 4.69) is 4.72 Å². The van der Waals surface area contributed by atoms with Crippen molar-refractivity contribution in [2.75, 3.05) is 13.6 Å². The van der Waals surface area contributed by atoms with Gasteiger partial charge in [0.05, 0.1) is 6.04 Å². The first-order valence-electron chi connectivity index (χ1n) is 4.39. The minimum absolute atomic E-state index is 0.172. The Bertz CT molecular complexity index is 288. The van der Waals surface area contributed by atoms with Gasteiger partial charge < -0.3 is 5.73 Å². The van der Waals surface area contributed by atoms with Crippen molar-refractivity contribution < 1.29 is 8.42 Å². The minimum atomic E-state index is -3.50. The van der Waals surface area contributed by atoms with Crippen LogP contribution in [-0.4, -0.2) is 38.2 Å². The molecule has 0 fully saturated rings. The molecule has 1 atom stereocenters. The highest BCUT2D eigenvalue weighted by molar-refractivity contribution is 7.87. The number of amidine groups is 1. The summed E-state index contributed by atoms with van der Waals surface area (Å²) in [7, 11) is -2.11. The van der Waals surface area contributed by atoms with Crippen LogP contribution in [0, 0.1) is 5.41 Å². The first-order chi connectivity index (χ1) is 6.33. The van der Waals surface area contributed by atoms with Crippen LogP contribution in [-0.2, 0) is 10.2 Å². The number of nitrogens with two attached hydrogens (primary N) is 1. The maximum atomic E-state index is 11.5. The zero-order chi connectivity index (χ0) is 11.4. The highest BCUT2D eigenvalue weighted by Gasteiger charge is 2.23.